The van der Waals surface area contributed by atoms with Gasteiger partial charge in [0.25, 0.3) is 11.5 Å². The molecule has 7 nitrogen and oxygen atoms in total. The van der Waals surface area contributed by atoms with E-state index in [1.54, 1.807) is 43.3 Å². The highest BCUT2D eigenvalue weighted by Crippen LogP contribution is 2.14. The third-order valence-corrected chi connectivity index (χ3v) is 4.34. The van der Waals surface area contributed by atoms with Gasteiger partial charge in [0.05, 0.1) is 17.3 Å². The largest absolute Gasteiger partial charge is 0.453 e. The van der Waals surface area contributed by atoms with Crippen LogP contribution in [0.25, 0.3) is 10.9 Å². The van der Waals surface area contributed by atoms with E-state index < -0.39 is 23.8 Å². The molecule has 3 rings (SSSR count). The number of hydrogen-bond donors (Lipinski definition) is 2. The van der Waals surface area contributed by atoms with E-state index in [4.69, 9.17) is 4.74 Å². The number of carbonyl (C=O) groups excluding carboxylic acids is 2. The normalized spacial score (nSPS) is 11.8. The van der Waals surface area contributed by atoms with Crippen LogP contribution in [0, 0.1) is 12.7 Å². The number of H-pyrrole nitrogens is 1. The number of aromatic amines is 1. The summed E-state index contributed by atoms with van der Waals surface area (Å²) in [6.07, 6.45) is -0.954. The van der Waals surface area contributed by atoms with Crippen molar-refractivity contribution < 1.29 is 18.7 Å². The number of esters is 1. The van der Waals surface area contributed by atoms with E-state index in [1.165, 1.54) is 13.0 Å². The highest BCUT2D eigenvalue weighted by atomic mass is 19.1. The predicted molar refractivity (Wildman–Crippen MR) is 106 cm³/mol. The van der Waals surface area contributed by atoms with Crippen molar-refractivity contribution in [3.63, 3.8) is 0 Å². The monoisotopic (exact) mass is 397 g/mol. The Bertz CT molecular complexity index is 1130. The van der Waals surface area contributed by atoms with Crippen LogP contribution < -0.4 is 10.9 Å². The minimum Gasteiger partial charge on any atom is -0.453 e. The van der Waals surface area contributed by atoms with Gasteiger partial charge in [0.2, 0.25) is 0 Å². The van der Waals surface area contributed by atoms with E-state index in [0.717, 1.165) is 0 Å². The lowest BCUT2D eigenvalue weighted by Crippen LogP contribution is -2.30. The zero-order valence-electron chi connectivity index (χ0n) is 16.0. The van der Waals surface area contributed by atoms with Crippen molar-refractivity contribution in [2.45, 2.75) is 32.8 Å². The maximum atomic E-state index is 13.6. The van der Waals surface area contributed by atoms with Crippen molar-refractivity contribution in [3.05, 3.63) is 70.0 Å². The Balaban J connectivity index is 1.55. The zero-order valence-corrected chi connectivity index (χ0v) is 16.0. The zero-order chi connectivity index (χ0) is 21.0. The number of ether oxygens (including phenoxy) is 1. The number of carbonyl (C=O) groups is 2. The standard InChI is InChI=1S/C21H20FN3O4/c1-12-7-8-14(11-16(12)22)23-20(27)13(2)29-19(26)10-9-18-24-17-6-4-3-5-15(17)21(28)25-18/h3-8,11,13H,9-10H2,1-2H3,(H,23,27)(H,24,25,28)/t13-/m0/s1. The number of rotatable bonds is 6. The first-order chi connectivity index (χ1) is 13.8. The second kappa shape index (κ2) is 8.64. The van der Waals surface area contributed by atoms with Gasteiger partial charge in [0.15, 0.2) is 6.10 Å². The van der Waals surface area contributed by atoms with Gasteiger partial charge in [-0.2, -0.15) is 0 Å². The van der Waals surface area contributed by atoms with Gasteiger partial charge in [-0.05, 0) is 43.7 Å². The van der Waals surface area contributed by atoms with Gasteiger partial charge >= 0.3 is 5.97 Å². The molecule has 8 heteroatoms. The quantitative estimate of drug-likeness (QED) is 0.623. The first-order valence-corrected chi connectivity index (χ1v) is 9.08. The molecular formula is C21H20FN3O4. The highest BCUT2D eigenvalue weighted by Gasteiger charge is 2.18. The Kier molecular flexibility index (Phi) is 6.01. The number of aryl methyl sites for hydroxylation is 2. The Morgan fingerprint density at radius 1 is 1.24 bits per heavy atom. The molecule has 0 bridgehead atoms. The van der Waals surface area contributed by atoms with Crippen molar-refractivity contribution in [1.82, 2.24) is 9.97 Å². The van der Waals surface area contributed by atoms with Crippen LogP contribution in [0.4, 0.5) is 10.1 Å². The van der Waals surface area contributed by atoms with E-state index in [2.05, 4.69) is 15.3 Å². The summed E-state index contributed by atoms with van der Waals surface area (Å²) in [6, 6.07) is 11.2. The van der Waals surface area contributed by atoms with Gasteiger partial charge in [-0.3, -0.25) is 14.4 Å². The molecule has 0 saturated heterocycles. The number of halogens is 1. The smallest absolute Gasteiger partial charge is 0.307 e. The van der Waals surface area contributed by atoms with Crippen molar-refractivity contribution in [2.75, 3.05) is 5.32 Å². The number of hydrogen-bond acceptors (Lipinski definition) is 5. The summed E-state index contributed by atoms with van der Waals surface area (Å²) in [5, 5.41) is 2.97. The number of benzene rings is 2. The van der Waals surface area contributed by atoms with Crippen LogP contribution in [-0.4, -0.2) is 27.9 Å². The number of nitrogens with zero attached hydrogens (tertiary/aromatic N) is 1. The lowest BCUT2D eigenvalue weighted by Gasteiger charge is -2.14. The maximum absolute atomic E-state index is 13.6. The number of nitrogens with one attached hydrogen (secondary N) is 2. The molecule has 2 aromatic carbocycles. The summed E-state index contributed by atoms with van der Waals surface area (Å²) < 4.78 is 18.7. The number of amides is 1. The molecule has 150 valence electrons. The molecule has 0 saturated carbocycles. The lowest BCUT2D eigenvalue weighted by atomic mass is 10.2. The van der Waals surface area contributed by atoms with Gasteiger partial charge < -0.3 is 15.0 Å². The first-order valence-electron chi connectivity index (χ1n) is 9.08. The average molecular weight is 397 g/mol. The van der Waals surface area contributed by atoms with Gasteiger partial charge in [-0.15, -0.1) is 0 Å². The molecule has 1 heterocycles. The molecule has 1 amide bonds. The molecule has 0 aliphatic rings. The average Bonchev–Trinajstić information content (AvgIpc) is 2.69. The van der Waals surface area contributed by atoms with Crippen LogP contribution >= 0.6 is 0 Å². The van der Waals surface area contributed by atoms with E-state index in [-0.39, 0.29) is 24.1 Å². The third kappa shape index (κ3) is 5.04. The fourth-order valence-electron chi connectivity index (χ4n) is 2.70. The van der Waals surface area contributed by atoms with Gasteiger partial charge in [-0.1, -0.05) is 18.2 Å². The van der Waals surface area contributed by atoms with Gasteiger partial charge in [-0.25, -0.2) is 9.37 Å². The maximum Gasteiger partial charge on any atom is 0.307 e. The van der Waals surface area contributed by atoms with E-state index in [0.29, 0.717) is 22.3 Å². The van der Waals surface area contributed by atoms with E-state index >= 15 is 0 Å². The van der Waals surface area contributed by atoms with Gasteiger partial charge in [0.1, 0.15) is 11.6 Å². The molecule has 0 spiro atoms. The van der Waals surface area contributed by atoms with Crippen LogP contribution in [0.1, 0.15) is 24.7 Å². The molecule has 29 heavy (non-hydrogen) atoms. The molecule has 0 aliphatic heterocycles. The summed E-state index contributed by atoms with van der Waals surface area (Å²) in [5.74, 6) is -1.26. The molecule has 1 atom stereocenters. The second-order valence-corrected chi connectivity index (χ2v) is 6.62. The van der Waals surface area contributed by atoms with E-state index in [1.807, 2.05) is 0 Å². The topological polar surface area (TPSA) is 101 Å². The molecule has 3 aromatic rings. The number of fused-ring (bicyclic) bond motifs is 1. The molecule has 2 N–H and O–H groups in total. The Morgan fingerprint density at radius 3 is 2.76 bits per heavy atom. The minimum absolute atomic E-state index is 0.0575. The lowest BCUT2D eigenvalue weighted by molar-refractivity contribution is -0.153. The second-order valence-electron chi connectivity index (χ2n) is 6.62. The summed E-state index contributed by atoms with van der Waals surface area (Å²) in [6.45, 7) is 3.04. The van der Waals surface area contributed by atoms with Crippen LogP contribution in [0.15, 0.2) is 47.3 Å². The van der Waals surface area contributed by atoms with Crippen LogP contribution in [-0.2, 0) is 20.7 Å². The van der Waals surface area contributed by atoms with Crippen molar-refractivity contribution in [1.29, 1.82) is 0 Å². The van der Waals surface area contributed by atoms with Gasteiger partial charge in [0, 0.05) is 12.1 Å². The molecule has 1 aromatic heterocycles. The Labute approximate surface area is 165 Å². The predicted octanol–water partition coefficient (Wildman–Crippen LogP) is 2.87. The number of anilines is 1. The van der Waals surface area contributed by atoms with Crippen molar-refractivity contribution in [3.8, 4) is 0 Å². The Hall–Kier alpha value is -3.55. The third-order valence-electron chi connectivity index (χ3n) is 4.34. The summed E-state index contributed by atoms with van der Waals surface area (Å²) >= 11 is 0. The van der Waals surface area contributed by atoms with Crippen LogP contribution in [0.5, 0.6) is 0 Å². The number of para-hydroxylation sites is 1. The fourth-order valence-corrected chi connectivity index (χ4v) is 2.70. The SMILES string of the molecule is Cc1ccc(NC(=O)[C@H](C)OC(=O)CCc2nc3ccccc3c(=O)[nH]2)cc1F. The molecule has 0 fully saturated rings. The highest BCUT2D eigenvalue weighted by molar-refractivity contribution is 5.95. The van der Waals surface area contributed by atoms with Crippen LogP contribution in [0.3, 0.4) is 0 Å². The summed E-state index contributed by atoms with van der Waals surface area (Å²) in [4.78, 5) is 43.2. The molecule has 0 radical (unpaired) electrons. The fraction of sp³-hybridized carbons (Fsp3) is 0.238. The molecule has 0 unspecified atom stereocenters. The summed E-state index contributed by atoms with van der Waals surface area (Å²) in [5.41, 5.74) is 0.997. The number of aromatic nitrogens is 2. The van der Waals surface area contributed by atoms with Crippen LogP contribution in [0.2, 0.25) is 0 Å². The molecular weight excluding hydrogens is 377 g/mol. The minimum atomic E-state index is -1.06. The Morgan fingerprint density at radius 2 is 2.00 bits per heavy atom. The van der Waals surface area contributed by atoms with Crippen molar-refractivity contribution >= 4 is 28.5 Å². The van der Waals surface area contributed by atoms with E-state index in [9.17, 15) is 18.8 Å². The van der Waals surface area contributed by atoms with Crippen molar-refractivity contribution in [2.24, 2.45) is 0 Å². The first kappa shape index (κ1) is 20.2. The summed E-state index contributed by atoms with van der Waals surface area (Å²) in [7, 11) is 0. The molecule has 0 aliphatic carbocycles.